The Bertz CT molecular complexity index is 764. The molecule has 0 radical (unpaired) electrons. The van der Waals surface area contributed by atoms with E-state index in [1.165, 1.54) is 18.2 Å². The highest BCUT2D eigenvalue weighted by Gasteiger charge is 2.32. The van der Waals surface area contributed by atoms with E-state index in [0.29, 0.717) is 11.5 Å². The summed E-state index contributed by atoms with van der Waals surface area (Å²) >= 11 is 0. The van der Waals surface area contributed by atoms with E-state index >= 15 is 0 Å². The van der Waals surface area contributed by atoms with Gasteiger partial charge in [0.2, 0.25) is 0 Å². The number of methoxy groups -OCH3 is 1. The Balaban J connectivity index is 1.93. The van der Waals surface area contributed by atoms with E-state index in [1.54, 1.807) is 44.4 Å². The molecular formula is C18H20F3N3O3. The number of guanidine groups is 1. The Morgan fingerprint density at radius 1 is 1.11 bits per heavy atom. The van der Waals surface area contributed by atoms with Gasteiger partial charge in [0.1, 0.15) is 17.6 Å². The van der Waals surface area contributed by atoms with Crippen LogP contribution in [0.1, 0.15) is 6.92 Å². The molecule has 2 rings (SSSR count). The van der Waals surface area contributed by atoms with Crippen LogP contribution < -0.4 is 25.3 Å². The Morgan fingerprint density at radius 3 is 2.37 bits per heavy atom. The smallest absolute Gasteiger partial charge is 0.497 e. The summed E-state index contributed by atoms with van der Waals surface area (Å²) in [5.41, 5.74) is 5.80. The van der Waals surface area contributed by atoms with Crippen molar-refractivity contribution in [3.8, 4) is 17.2 Å². The van der Waals surface area contributed by atoms with Crippen molar-refractivity contribution in [1.82, 2.24) is 0 Å². The second kappa shape index (κ2) is 9.02. The van der Waals surface area contributed by atoms with Gasteiger partial charge in [-0.15, -0.1) is 13.2 Å². The zero-order chi connectivity index (χ0) is 19.9. The molecule has 146 valence electrons. The van der Waals surface area contributed by atoms with Gasteiger partial charge in [0.05, 0.1) is 19.3 Å². The van der Waals surface area contributed by atoms with Gasteiger partial charge < -0.3 is 25.3 Å². The molecule has 0 heterocycles. The lowest BCUT2D eigenvalue weighted by molar-refractivity contribution is -0.274. The Labute approximate surface area is 154 Å². The molecule has 9 heteroatoms. The molecule has 2 aromatic rings. The summed E-state index contributed by atoms with van der Waals surface area (Å²) < 4.78 is 52.0. The van der Waals surface area contributed by atoms with Crippen LogP contribution in [0.25, 0.3) is 0 Å². The van der Waals surface area contributed by atoms with Gasteiger partial charge in [0.15, 0.2) is 11.7 Å². The number of anilines is 1. The van der Waals surface area contributed by atoms with Crippen LogP contribution in [0.15, 0.2) is 53.5 Å². The first-order valence-corrected chi connectivity index (χ1v) is 7.99. The normalized spacial score (nSPS) is 13.0. The minimum Gasteiger partial charge on any atom is -0.497 e. The van der Waals surface area contributed by atoms with Crippen molar-refractivity contribution >= 4 is 11.6 Å². The molecule has 0 saturated carbocycles. The van der Waals surface area contributed by atoms with Gasteiger partial charge in [-0.05, 0) is 43.3 Å². The Hall–Kier alpha value is -3.10. The van der Waals surface area contributed by atoms with Gasteiger partial charge in [0.25, 0.3) is 0 Å². The van der Waals surface area contributed by atoms with Crippen molar-refractivity contribution in [3.05, 3.63) is 48.5 Å². The van der Waals surface area contributed by atoms with Crippen LogP contribution >= 0.6 is 0 Å². The Morgan fingerprint density at radius 2 is 1.74 bits per heavy atom. The lowest BCUT2D eigenvalue weighted by atomic mass is 10.3. The first-order chi connectivity index (χ1) is 12.8. The van der Waals surface area contributed by atoms with Crippen molar-refractivity contribution in [1.29, 1.82) is 0 Å². The van der Waals surface area contributed by atoms with Gasteiger partial charge >= 0.3 is 6.36 Å². The van der Waals surface area contributed by atoms with E-state index in [9.17, 15) is 13.2 Å². The Kier molecular flexibility index (Phi) is 6.75. The van der Waals surface area contributed by atoms with E-state index in [0.717, 1.165) is 0 Å². The third-order valence-corrected chi connectivity index (χ3v) is 3.29. The summed E-state index contributed by atoms with van der Waals surface area (Å²) in [7, 11) is 1.57. The van der Waals surface area contributed by atoms with Crippen LogP contribution in [0.5, 0.6) is 17.2 Å². The summed E-state index contributed by atoms with van der Waals surface area (Å²) in [4.78, 5) is 4.08. The highest BCUT2D eigenvalue weighted by molar-refractivity contribution is 5.93. The van der Waals surface area contributed by atoms with E-state index in [-0.39, 0.29) is 24.3 Å². The number of hydrogen-bond donors (Lipinski definition) is 2. The SMILES string of the molecule is COc1ccc(OC(C)CN=C(N)Nc2ccccc2OC(F)(F)F)cc1. The van der Waals surface area contributed by atoms with Crippen molar-refractivity contribution in [2.75, 3.05) is 19.0 Å². The van der Waals surface area contributed by atoms with Gasteiger partial charge in [-0.1, -0.05) is 12.1 Å². The molecule has 2 aromatic carbocycles. The second-order valence-electron chi connectivity index (χ2n) is 5.50. The molecule has 0 amide bonds. The quantitative estimate of drug-likeness (QED) is 0.562. The highest BCUT2D eigenvalue weighted by Crippen LogP contribution is 2.29. The maximum absolute atomic E-state index is 12.4. The van der Waals surface area contributed by atoms with E-state index < -0.39 is 12.1 Å². The number of nitrogens with one attached hydrogen (secondary N) is 1. The second-order valence-corrected chi connectivity index (χ2v) is 5.50. The third kappa shape index (κ3) is 6.96. The number of ether oxygens (including phenoxy) is 3. The lowest BCUT2D eigenvalue weighted by Gasteiger charge is -2.15. The van der Waals surface area contributed by atoms with Crippen LogP contribution in [-0.4, -0.2) is 32.1 Å². The zero-order valence-corrected chi connectivity index (χ0v) is 14.8. The standard InChI is InChI=1S/C18H20F3N3O3/c1-12(26-14-9-7-13(25-2)8-10-14)11-23-17(22)24-15-5-3-4-6-16(15)27-18(19,20)21/h3-10,12H,11H2,1-2H3,(H3,22,23,24). The number of nitrogens with two attached hydrogens (primary N) is 1. The minimum atomic E-state index is -4.80. The fourth-order valence-electron chi connectivity index (χ4n) is 2.11. The number of hydrogen-bond acceptors (Lipinski definition) is 4. The minimum absolute atomic E-state index is 0.0554. The number of rotatable bonds is 7. The predicted octanol–water partition coefficient (Wildman–Crippen LogP) is 3.79. The fraction of sp³-hybridized carbons (Fsp3) is 0.278. The average molecular weight is 383 g/mol. The molecule has 6 nitrogen and oxygen atoms in total. The summed E-state index contributed by atoms with van der Waals surface area (Å²) in [5, 5.41) is 2.60. The van der Waals surface area contributed by atoms with E-state index in [2.05, 4.69) is 15.0 Å². The molecule has 0 bridgehead atoms. The predicted molar refractivity (Wildman–Crippen MR) is 96.3 cm³/mol. The van der Waals surface area contributed by atoms with Crippen LogP contribution in [-0.2, 0) is 0 Å². The highest BCUT2D eigenvalue weighted by atomic mass is 19.4. The number of nitrogens with zero attached hydrogens (tertiary/aromatic N) is 1. The van der Waals surface area contributed by atoms with Crippen molar-refractivity contribution in [2.24, 2.45) is 10.7 Å². The molecule has 0 aromatic heterocycles. The molecule has 27 heavy (non-hydrogen) atoms. The average Bonchev–Trinajstić information content (AvgIpc) is 2.61. The molecule has 0 aliphatic rings. The summed E-state index contributed by atoms with van der Waals surface area (Å²) in [6.45, 7) is 1.99. The first-order valence-electron chi connectivity index (χ1n) is 7.99. The van der Waals surface area contributed by atoms with Crippen molar-refractivity contribution in [3.63, 3.8) is 0 Å². The number of benzene rings is 2. The maximum atomic E-state index is 12.4. The molecule has 1 unspecified atom stereocenters. The monoisotopic (exact) mass is 383 g/mol. The van der Waals surface area contributed by atoms with E-state index in [4.69, 9.17) is 15.2 Å². The number of para-hydroxylation sites is 2. The largest absolute Gasteiger partial charge is 0.573 e. The molecule has 0 spiro atoms. The molecule has 0 saturated heterocycles. The molecule has 0 aliphatic heterocycles. The molecular weight excluding hydrogens is 363 g/mol. The van der Waals surface area contributed by atoms with Gasteiger partial charge in [-0.3, -0.25) is 0 Å². The summed E-state index contributed by atoms with van der Waals surface area (Å²) in [6.07, 6.45) is -5.11. The number of alkyl halides is 3. The fourth-order valence-corrected chi connectivity index (χ4v) is 2.11. The first kappa shape index (κ1) is 20.2. The van der Waals surface area contributed by atoms with Gasteiger partial charge in [-0.2, -0.15) is 0 Å². The molecule has 1 atom stereocenters. The van der Waals surface area contributed by atoms with Gasteiger partial charge in [0, 0.05) is 0 Å². The summed E-state index contributed by atoms with van der Waals surface area (Å²) in [5.74, 6) is 0.888. The maximum Gasteiger partial charge on any atom is 0.573 e. The van der Waals surface area contributed by atoms with Gasteiger partial charge in [-0.25, -0.2) is 4.99 Å². The number of aliphatic imine (C=N–C) groups is 1. The zero-order valence-electron chi connectivity index (χ0n) is 14.8. The lowest BCUT2D eigenvalue weighted by Crippen LogP contribution is -2.26. The van der Waals surface area contributed by atoms with Crippen LogP contribution in [0.2, 0.25) is 0 Å². The topological polar surface area (TPSA) is 78.1 Å². The van der Waals surface area contributed by atoms with E-state index in [1.807, 2.05) is 0 Å². The summed E-state index contributed by atoms with van der Waals surface area (Å²) in [6, 6.07) is 12.6. The van der Waals surface area contributed by atoms with Crippen molar-refractivity contribution < 1.29 is 27.4 Å². The van der Waals surface area contributed by atoms with Crippen LogP contribution in [0.3, 0.4) is 0 Å². The molecule has 3 N–H and O–H groups in total. The van der Waals surface area contributed by atoms with Crippen LogP contribution in [0.4, 0.5) is 18.9 Å². The third-order valence-electron chi connectivity index (χ3n) is 3.29. The molecule has 0 fully saturated rings. The number of halogens is 3. The van der Waals surface area contributed by atoms with Crippen molar-refractivity contribution in [2.45, 2.75) is 19.4 Å². The molecule has 0 aliphatic carbocycles. The van der Waals surface area contributed by atoms with Crippen LogP contribution in [0, 0.1) is 0 Å².